The number of sulfonamides is 1. The van der Waals surface area contributed by atoms with Crippen LogP contribution in [-0.4, -0.2) is 49.9 Å². The van der Waals surface area contributed by atoms with E-state index >= 15 is 0 Å². The summed E-state index contributed by atoms with van der Waals surface area (Å²) in [6.45, 7) is 2.17. The van der Waals surface area contributed by atoms with Crippen LogP contribution in [0.1, 0.15) is 19.8 Å². The normalized spacial score (nSPS) is 19.3. The lowest BCUT2D eigenvalue weighted by Gasteiger charge is -2.25. The summed E-state index contributed by atoms with van der Waals surface area (Å²) in [6, 6.07) is 7.36. The van der Waals surface area contributed by atoms with Crippen molar-refractivity contribution in [3.05, 3.63) is 48.0 Å². The number of benzene rings is 2. The van der Waals surface area contributed by atoms with Crippen LogP contribution in [0.4, 0.5) is 20.2 Å². The molecule has 7 nitrogen and oxygen atoms in total. The summed E-state index contributed by atoms with van der Waals surface area (Å²) in [5.41, 5.74) is 0.112. The minimum Gasteiger partial charge on any atom is -0.322 e. The molecule has 11 heteroatoms. The third kappa shape index (κ3) is 4.90. The summed E-state index contributed by atoms with van der Waals surface area (Å²) in [5, 5.41) is 2.35. The first-order valence-corrected chi connectivity index (χ1v) is 12.9. The summed E-state index contributed by atoms with van der Waals surface area (Å²) in [6.07, 6.45) is 1.59. The van der Waals surface area contributed by atoms with Gasteiger partial charge in [0, 0.05) is 35.7 Å². The van der Waals surface area contributed by atoms with Gasteiger partial charge in [-0.2, -0.15) is 4.31 Å². The molecular formula is C22H23F2N3O4S2. The van der Waals surface area contributed by atoms with E-state index in [4.69, 9.17) is 0 Å². The highest BCUT2D eigenvalue weighted by molar-refractivity contribution is 7.99. The highest BCUT2D eigenvalue weighted by Gasteiger charge is 2.33. The Kier molecular flexibility index (Phi) is 6.73. The largest absolute Gasteiger partial charge is 0.322 e. The lowest BCUT2D eigenvalue weighted by Crippen LogP contribution is -2.41. The molecule has 0 radical (unpaired) electrons. The van der Waals surface area contributed by atoms with Crippen molar-refractivity contribution in [1.82, 2.24) is 4.31 Å². The summed E-state index contributed by atoms with van der Waals surface area (Å²) >= 11 is 1.41. The number of hydrogen-bond donors (Lipinski definition) is 1. The number of fused-ring (bicyclic) bond motifs is 1. The van der Waals surface area contributed by atoms with Crippen molar-refractivity contribution in [3.63, 3.8) is 0 Å². The van der Waals surface area contributed by atoms with Gasteiger partial charge in [0.2, 0.25) is 21.8 Å². The van der Waals surface area contributed by atoms with Gasteiger partial charge in [-0.3, -0.25) is 9.59 Å². The van der Waals surface area contributed by atoms with Gasteiger partial charge in [-0.1, -0.05) is 6.92 Å². The van der Waals surface area contributed by atoms with Crippen LogP contribution in [0.5, 0.6) is 0 Å². The van der Waals surface area contributed by atoms with Gasteiger partial charge in [0.05, 0.1) is 16.3 Å². The standard InChI is InChI=1S/C22H23F2N3O4S2/c1-14-13-32-20-7-5-16(33(30,31)26-8-2-3-9-26)11-19(20)27(22(14)29)12-21(28)25-18-6-4-15(23)10-17(18)24/h4-7,10-11,14H,2-3,8-9,12-13H2,1H3,(H,25,28). The number of amides is 2. The maximum Gasteiger partial charge on any atom is 0.244 e. The molecule has 1 N–H and O–H groups in total. The van der Waals surface area contributed by atoms with Gasteiger partial charge in [0.15, 0.2) is 0 Å². The first kappa shape index (κ1) is 23.7. The highest BCUT2D eigenvalue weighted by atomic mass is 32.2. The first-order chi connectivity index (χ1) is 15.7. The van der Waals surface area contributed by atoms with E-state index in [-0.39, 0.29) is 16.5 Å². The van der Waals surface area contributed by atoms with E-state index in [0.717, 1.165) is 25.0 Å². The van der Waals surface area contributed by atoms with Crippen LogP contribution in [0.25, 0.3) is 0 Å². The molecule has 0 saturated carbocycles. The maximum absolute atomic E-state index is 14.0. The highest BCUT2D eigenvalue weighted by Crippen LogP contribution is 2.38. The van der Waals surface area contributed by atoms with E-state index in [0.29, 0.717) is 35.5 Å². The average molecular weight is 496 g/mol. The van der Waals surface area contributed by atoms with Crippen LogP contribution < -0.4 is 10.2 Å². The molecule has 1 unspecified atom stereocenters. The molecule has 176 valence electrons. The van der Waals surface area contributed by atoms with Crippen molar-refractivity contribution in [2.75, 3.05) is 35.6 Å². The fraction of sp³-hybridized carbons (Fsp3) is 0.364. The number of carbonyl (C=O) groups excluding carboxylic acids is 2. The molecule has 0 aliphatic carbocycles. The van der Waals surface area contributed by atoms with Crippen molar-refractivity contribution in [2.24, 2.45) is 5.92 Å². The van der Waals surface area contributed by atoms with Crippen molar-refractivity contribution >= 4 is 45.0 Å². The molecule has 0 aromatic heterocycles. The number of carbonyl (C=O) groups is 2. The predicted octanol–water partition coefficient (Wildman–Crippen LogP) is 3.46. The fourth-order valence-electron chi connectivity index (χ4n) is 3.83. The molecule has 2 aliphatic rings. The number of halogens is 2. The van der Waals surface area contributed by atoms with E-state index in [1.807, 2.05) is 0 Å². The number of nitrogens with zero attached hydrogens (tertiary/aromatic N) is 2. The Hall–Kier alpha value is -2.50. The number of nitrogens with one attached hydrogen (secondary N) is 1. The molecule has 0 bridgehead atoms. The molecule has 2 amide bonds. The predicted molar refractivity (Wildman–Crippen MR) is 122 cm³/mol. The minimum absolute atomic E-state index is 0.0566. The zero-order valence-electron chi connectivity index (χ0n) is 17.9. The molecule has 4 rings (SSSR count). The van der Waals surface area contributed by atoms with E-state index in [9.17, 15) is 26.8 Å². The Morgan fingerprint density at radius 2 is 1.88 bits per heavy atom. The van der Waals surface area contributed by atoms with Gasteiger partial charge >= 0.3 is 0 Å². The molecule has 2 aromatic rings. The van der Waals surface area contributed by atoms with Gasteiger partial charge in [-0.15, -0.1) is 11.8 Å². The van der Waals surface area contributed by atoms with Crippen LogP contribution in [-0.2, 0) is 19.6 Å². The van der Waals surface area contributed by atoms with Crippen molar-refractivity contribution < 1.29 is 26.8 Å². The maximum atomic E-state index is 14.0. The number of thioether (sulfide) groups is 1. The third-order valence-electron chi connectivity index (χ3n) is 5.61. The van der Waals surface area contributed by atoms with Crippen LogP contribution in [0.3, 0.4) is 0 Å². The van der Waals surface area contributed by atoms with Crippen LogP contribution >= 0.6 is 11.8 Å². The van der Waals surface area contributed by atoms with Crippen molar-refractivity contribution in [2.45, 2.75) is 29.6 Å². The first-order valence-electron chi connectivity index (χ1n) is 10.5. The van der Waals surface area contributed by atoms with Crippen LogP contribution in [0, 0.1) is 17.6 Å². The Balaban J connectivity index is 1.65. The SMILES string of the molecule is CC1CSc2ccc(S(=O)(=O)N3CCCC3)cc2N(CC(=O)Nc2ccc(F)cc2F)C1=O. The second kappa shape index (κ2) is 9.40. The summed E-state index contributed by atoms with van der Waals surface area (Å²) < 4.78 is 54.6. The Morgan fingerprint density at radius 3 is 2.58 bits per heavy atom. The fourth-order valence-corrected chi connectivity index (χ4v) is 6.42. The van der Waals surface area contributed by atoms with Crippen LogP contribution in [0.15, 0.2) is 46.2 Å². The summed E-state index contributed by atoms with van der Waals surface area (Å²) in [5.74, 6) is -2.70. The van der Waals surface area contributed by atoms with E-state index in [1.165, 1.54) is 33.1 Å². The third-order valence-corrected chi connectivity index (χ3v) is 8.82. The molecule has 2 aromatic carbocycles. The quantitative estimate of drug-likeness (QED) is 0.687. The Bertz CT molecular complexity index is 1200. The summed E-state index contributed by atoms with van der Waals surface area (Å²) in [7, 11) is -3.72. The Labute approximate surface area is 195 Å². The molecule has 1 fully saturated rings. The average Bonchev–Trinajstić information content (AvgIpc) is 3.30. The Morgan fingerprint density at radius 1 is 1.15 bits per heavy atom. The number of anilines is 2. The van der Waals surface area contributed by atoms with Gasteiger partial charge in [-0.05, 0) is 43.2 Å². The smallest absolute Gasteiger partial charge is 0.244 e. The van der Waals surface area contributed by atoms with Crippen molar-refractivity contribution in [1.29, 1.82) is 0 Å². The van der Waals surface area contributed by atoms with E-state index in [1.54, 1.807) is 13.0 Å². The zero-order valence-corrected chi connectivity index (χ0v) is 19.5. The molecule has 33 heavy (non-hydrogen) atoms. The molecule has 1 saturated heterocycles. The monoisotopic (exact) mass is 495 g/mol. The van der Waals surface area contributed by atoms with Gasteiger partial charge < -0.3 is 10.2 Å². The van der Waals surface area contributed by atoms with Gasteiger partial charge in [0.1, 0.15) is 18.2 Å². The lowest BCUT2D eigenvalue weighted by atomic mass is 10.1. The lowest BCUT2D eigenvalue weighted by molar-refractivity contribution is -0.123. The molecule has 2 heterocycles. The summed E-state index contributed by atoms with van der Waals surface area (Å²) in [4.78, 5) is 27.7. The second-order valence-electron chi connectivity index (χ2n) is 8.05. The molecular weight excluding hydrogens is 472 g/mol. The van der Waals surface area contributed by atoms with E-state index < -0.39 is 40.0 Å². The zero-order chi connectivity index (χ0) is 23.8. The molecule has 0 spiro atoms. The topological polar surface area (TPSA) is 86.8 Å². The molecule has 1 atom stereocenters. The van der Waals surface area contributed by atoms with Gasteiger partial charge in [0.25, 0.3) is 0 Å². The second-order valence-corrected chi connectivity index (χ2v) is 11.0. The van der Waals surface area contributed by atoms with Crippen LogP contribution in [0.2, 0.25) is 0 Å². The van der Waals surface area contributed by atoms with Crippen molar-refractivity contribution in [3.8, 4) is 0 Å². The minimum atomic E-state index is -3.72. The van der Waals surface area contributed by atoms with Gasteiger partial charge in [-0.25, -0.2) is 17.2 Å². The molecule has 2 aliphatic heterocycles. The van der Waals surface area contributed by atoms with E-state index in [2.05, 4.69) is 5.32 Å². The number of rotatable bonds is 5. The number of hydrogen-bond acceptors (Lipinski definition) is 5.